The van der Waals surface area contributed by atoms with E-state index in [4.69, 9.17) is 23.2 Å². The molecule has 7 heteroatoms. The lowest BCUT2D eigenvalue weighted by atomic mass is 9.94. The molecule has 1 saturated heterocycles. The topological polar surface area (TPSA) is 39.7 Å². The van der Waals surface area contributed by atoms with Crippen LogP contribution in [0.15, 0.2) is 54.7 Å². The zero-order valence-electron chi connectivity index (χ0n) is 22.2. The Labute approximate surface area is 231 Å². The van der Waals surface area contributed by atoms with Gasteiger partial charge in [0.2, 0.25) is 0 Å². The molecule has 2 heterocycles. The summed E-state index contributed by atoms with van der Waals surface area (Å²) in [5.74, 6) is 1.23. The Morgan fingerprint density at radius 3 is 2.24 bits per heavy atom. The van der Waals surface area contributed by atoms with Gasteiger partial charge in [0.25, 0.3) is 5.91 Å². The number of rotatable bonds is 8. The van der Waals surface area contributed by atoms with Gasteiger partial charge in [-0.2, -0.15) is 0 Å². The van der Waals surface area contributed by atoms with Crippen LogP contribution in [0.1, 0.15) is 45.0 Å². The van der Waals surface area contributed by atoms with Crippen molar-refractivity contribution in [3.8, 4) is 0 Å². The maximum Gasteiger partial charge on any atom is 0.253 e. The van der Waals surface area contributed by atoms with Crippen LogP contribution in [0.3, 0.4) is 0 Å². The summed E-state index contributed by atoms with van der Waals surface area (Å²) in [6.07, 6.45) is 2.85. The molecule has 1 aromatic heterocycles. The van der Waals surface area contributed by atoms with E-state index >= 15 is 0 Å². The van der Waals surface area contributed by atoms with Crippen LogP contribution >= 0.6 is 23.2 Å². The molecule has 3 aromatic rings. The molecular formula is C30H36Cl2N4O. The van der Waals surface area contributed by atoms with Crippen LogP contribution in [0.25, 0.3) is 0 Å². The maximum atomic E-state index is 13.3. The van der Waals surface area contributed by atoms with Crippen LogP contribution in [-0.4, -0.2) is 67.0 Å². The number of hydrogen-bond donors (Lipinski definition) is 0. The monoisotopic (exact) mass is 538 g/mol. The largest absolute Gasteiger partial charge is 0.354 e. The van der Waals surface area contributed by atoms with Crippen LogP contribution in [0.5, 0.6) is 0 Å². The van der Waals surface area contributed by atoms with Crippen LogP contribution in [0.2, 0.25) is 10.0 Å². The number of aromatic nitrogens is 1. The fourth-order valence-corrected chi connectivity index (χ4v) is 5.35. The Bertz CT molecular complexity index is 1200. The zero-order valence-corrected chi connectivity index (χ0v) is 23.7. The van der Waals surface area contributed by atoms with Crippen molar-refractivity contribution in [3.63, 3.8) is 0 Å². The first-order chi connectivity index (χ1) is 17.7. The van der Waals surface area contributed by atoms with Crippen LogP contribution in [-0.2, 0) is 0 Å². The van der Waals surface area contributed by atoms with E-state index in [0.29, 0.717) is 16.6 Å². The molecule has 1 fully saturated rings. The number of aryl methyl sites for hydroxylation is 3. The molecule has 0 radical (unpaired) electrons. The molecule has 0 saturated carbocycles. The first kappa shape index (κ1) is 27.4. The van der Waals surface area contributed by atoms with Crippen molar-refractivity contribution in [1.29, 1.82) is 0 Å². The van der Waals surface area contributed by atoms with Gasteiger partial charge in [-0.1, -0.05) is 52.5 Å². The molecule has 1 amide bonds. The average Bonchev–Trinajstić information content (AvgIpc) is 2.88. The Hall–Kier alpha value is -2.60. The smallest absolute Gasteiger partial charge is 0.253 e. The minimum atomic E-state index is 0.0380. The number of pyridine rings is 1. The molecule has 4 rings (SSSR count). The fourth-order valence-electron chi connectivity index (χ4n) is 5.05. The third-order valence-corrected chi connectivity index (χ3v) is 7.85. The molecule has 1 aliphatic rings. The second kappa shape index (κ2) is 12.3. The average molecular weight is 540 g/mol. The number of halogens is 2. The van der Waals surface area contributed by atoms with Crippen molar-refractivity contribution >= 4 is 34.9 Å². The number of nitrogens with zero attached hydrogens (tertiary/aromatic N) is 4. The van der Waals surface area contributed by atoms with Crippen LogP contribution in [0.4, 0.5) is 5.82 Å². The van der Waals surface area contributed by atoms with Gasteiger partial charge >= 0.3 is 0 Å². The van der Waals surface area contributed by atoms with E-state index in [1.54, 1.807) is 0 Å². The lowest BCUT2D eigenvalue weighted by Gasteiger charge is -2.36. The van der Waals surface area contributed by atoms with E-state index < -0.39 is 0 Å². The molecule has 1 aliphatic heterocycles. The molecule has 2 aromatic carbocycles. The highest BCUT2D eigenvalue weighted by Crippen LogP contribution is 2.29. The molecule has 0 bridgehead atoms. The number of likely N-dealkylation sites (N-methyl/N-ethyl adjacent to an activating group) is 1. The van der Waals surface area contributed by atoms with Crippen molar-refractivity contribution in [2.45, 2.75) is 33.1 Å². The first-order valence-corrected chi connectivity index (χ1v) is 13.6. The maximum absolute atomic E-state index is 13.3. The van der Waals surface area contributed by atoms with Crippen LogP contribution < -0.4 is 4.90 Å². The molecule has 1 atom stereocenters. The number of carbonyl (C=O) groups is 1. The quantitative estimate of drug-likeness (QED) is 0.333. The highest BCUT2D eigenvalue weighted by Gasteiger charge is 2.23. The van der Waals surface area contributed by atoms with E-state index in [1.807, 2.05) is 62.3 Å². The van der Waals surface area contributed by atoms with Gasteiger partial charge in [-0.3, -0.25) is 9.69 Å². The molecule has 0 aliphatic carbocycles. The van der Waals surface area contributed by atoms with E-state index in [9.17, 15) is 4.79 Å². The summed E-state index contributed by atoms with van der Waals surface area (Å²) in [5.41, 5.74) is 5.21. The van der Waals surface area contributed by atoms with Gasteiger partial charge in [0.05, 0.1) is 10.0 Å². The second-order valence-corrected chi connectivity index (χ2v) is 11.1. The highest BCUT2D eigenvalue weighted by molar-refractivity contribution is 6.42. The summed E-state index contributed by atoms with van der Waals surface area (Å²) in [6, 6.07) is 16.1. The number of piperazine rings is 1. The Morgan fingerprint density at radius 1 is 0.919 bits per heavy atom. The van der Waals surface area contributed by atoms with Crippen molar-refractivity contribution in [2.24, 2.45) is 0 Å². The minimum Gasteiger partial charge on any atom is -0.354 e. The molecule has 0 N–H and O–H groups in total. The molecule has 37 heavy (non-hydrogen) atoms. The van der Waals surface area contributed by atoms with Crippen molar-refractivity contribution < 1.29 is 4.79 Å². The Morgan fingerprint density at radius 2 is 1.62 bits per heavy atom. The molecule has 196 valence electrons. The van der Waals surface area contributed by atoms with Gasteiger partial charge in [0, 0.05) is 57.4 Å². The lowest BCUT2D eigenvalue weighted by molar-refractivity contribution is 0.0782. The molecule has 1 unspecified atom stereocenters. The molecular weight excluding hydrogens is 503 g/mol. The van der Waals surface area contributed by atoms with Crippen molar-refractivity contribution in [2.75, 3.05) is 51.2 Å². The highest BCUT2D eigenvalue weighted by atomic mass is 35.5. The number of carbonyl (C=O) groups excluding carboxylic acids is 1. The number of amides is 1. The van der Waals surface area contributed by atoms with Gasteiger partial charge in [-0.05, 0) is 75.2 Å². The SMILES string of the molecule is Cc1ccc(N2CCN(CCC(CN(C)C(=O)c3cc(C)cc(C)c3)c3ccc(Cl)c(Cl)c3)CC2)nc1. The summed E-state index contributed by atoms with van der Waals surface area (Å²) in [4.78, 5) is 24.6. The second-order valence-electron chi connectivity index (χ2n) is 10.2. The Kier molecular flexibility index (Phi) is 9.12. The summed E-state index contributed by atoms with van der Waals surface area (Å²) < 4.78 is 0. The summed E-state index contributed by atoms with van der Waals surface area (Å²) >= 11 is 12.6. The van der Waals surface area contributed by atoms with E-state index in [-0.39, 0.29) is 11.8 Å². The minimum absolute atomic E-state index is 0.0380. The normalized spacial score (nSPS) is 15.0. The third kappa shape index (κ3) is 7.25. The van der Waals surface area contributed by atoms with Gasteiger partial charge in [-0.15, -0.1) is 0 Å². The fraction of sp³-hybridized carbons (Fsp3) is 0.400. The first-order valence-electron chi connectivity index (χ1n) is 12.9. The predicted octanol–water partition coefficient (Wildman–Crippen LogP) is 6.38. The number of benzene rings is 2. The van der Waals surface area contributed by atoms with E-state index in [0.717, 1.165) is 67.2 Å². The number of anilines is 1. The van der Waals surface area contributed by atoms with Gasteiger partial charge in [-0.25, -0.2) is 4.98 Å². The van der Waals surface area contributed by atoms with Crippen LogP contribution in [0, 0.1) is 20.8 Å². The molecule has 0 spiro atoms. The van der Waals surface area contributed by atoms with Crippen molar-refractivity contribution in [3.05, 3.63) is 92.6 Å². The van der Waals surface area contributed by atoms with Gasteiger partial charge < -0.3 is 9.80 Å². The van der Waals surface area contributed by atoms with Gasteiger partial charge in [0.15, 0.2) is 0 Å². The molecule has 5 nitrogen and oxygen atoms in total. The number of hydrogen-bond acceptors (Lipinski definition) is 4. The van der Waals surface area contributed by atoms with Crippen molar-refractivity contribution in [1.82, 2.24) is 14.8 Å². The third-order valence-electron chi connectivity index (χ3n) is 7.11. The van der Waals surface area contributed by atoms with Gasteiger partial charge in [0.1, 0.15) is 5.82 Å². The zero-order chi connectivity index (χ0) is 26.5. The summed E-state index contributed by atoms with van der Waals surface area (Å²) in [7, 11) is 1.89. The Balaban J connectivity index is 1.42. The lowest BCUT2D eigenvalue weighted by Crippen LogP contribution is -2.47. The summed E-state index contributed by atoms with van der Waals surface area (Å²) in [6.45, 7) is 11.6. The van der Waals surface area contributed by atoms with E-state index in [2.05, 4.69) is 39.9 Å². The predicted molar refractivity (Wildman–Crippen MR) is 154 cm³/mol. The standard InChI is InChI=1S/C30H36Cl2N4O/c1-21-5-8-29(33-19-21)36-13-11-35(12-14-36)10-9-25(24-6-7-27(31)28(32)18-24)20-34(4)30(37)26-16-22(2)15-23(3)17-26/h5-8,15-19,25H,9-14,20H2,1-4H3. The van der Waals surface area contributed by atoms with E-state index in [1.165, 1.54) is 5.56 Å². The summed E-state index contributed by atoms with van der Waals surface area (Å²) in [5, 5.41) is 1.09.